The maximum atomic E-state index is 12.2. The summed E-state index contributed by atoms with van der Waals surface area (Å²) in [6.07, 6.45) is -4.78. The quantitative estimate of drug-likeness (QED) is 0.684. The van der Waals surface area contributed by atoms with E-state index in [0.717, 1.165) is 17.4 Å². The Kier molecular flexibility index (Phi) is 5.09. The monoisotopic (exact) mass is 401 g/mol. The fraction of sp³-hybridized carbons (Fsp3) is 0.133. The molecule has 0 bridgehead atoms. The fourth-order valence-electron chi connectivity index (χ4n) is 1.97. The van der Waals surface area contributed by atoms with Crippen molar-refractivity contribution in [3.05, 3.63) is 40.6 Å². The number of rotatable bonds is 5. The first-order chi connectivity index (χ1) is 12.3. The van der Waals surface area contributed by atoms with Crippen LogP contribution < -0.4 is 15.4 Å². The molecule has 0 fully saturated rings. The van der Waals surface area contributed by atoms with Gasteiger partial charge in [-0.25, -0.2) is 4.98 Å². The van der Waals surface area contributed by atoms with Crippen LogP contribution >= 0.6 is 22.7 Å². The van der Waals surface area contributed by atoms with Crippen LogP contribution in [0.15, 0.2) is 35.7 Å². The summed E-state index contributed by atoms with van der Waals surface area (Å²) in [5, 5.41) is 6.91. The molecule has 0 atom stereocenters. The molecule has 0 aliphatic heterocycles. The summed E-state index contributed by atoms with van der Waals surface area (Å²) in [7, 11) is 0. The molecule has 2 N–H and O–H groups in total. The van der Waals surface area contributed by atoms with Gasteiger partial charge in [0.05, 0.1) is 21.6 Å². The summed E-state index contributed by atoms with van der Waals surface area (Å²) in [4.78, 5) is 28.2. The molecule has 3 rings (SSSR count). The summed E-state index contributed by atoms with van der Waals surface area (Å²) >= 11 is 2.25. The molecule has 0 saturated carbocycles. The normalized spacial score (nSPS) is 11.3. The lowest BCUT2D eigenvalue weighted by Gasteiger charge is -2.07. The number of benzene rings is 1. The van der Waals surface area contributed by atoms with Gasteiger partial charge in [-0.1, -0.05) is 17.4 Å². The first-order valence-electron chi connectivity index (χ1n) is 7.08. The van der Waals surface area contributed by atoms with E-state index in [-0.39, 0.29) is 23.3 Å². The van der Waals surface area contributed by atoms with Gasteiger partial charge < -0.3 is 15.4 Å². The van der Waals surface area contributed by atoms with Crippen molar-refractivity contribution < 1.29 is 27.5 Å². The molecule has 0 unspecified atom stereocenters. The van der Waals surface area contributed by atoms with Crippen LogP contribution in [0.5, 0.6) is 5.75 Å². The smallest absolute Gasteiger partial charge is 0.406 e. The molecule has 11 heteroatoms. The Hall–Kier alpha value is -2.66. The average Bonchev–Trinajstić information content (AvgIpc) is 3.19. The number of alkyl halides is 3. The topological polar surface area (TPSA) is 80.3 Å². The van der Waals surface area contributed by atoms with E-state index in [4.69, 9.17) is 0 Å². The van der Waals surface area contributed by atoms with Crippen molar-refractivity contribution in [1.82, 2.24) is 10.3 Å². The molecule has 1 aromatic carbocycles. The number of halogens is 3. The maximum Gasteiger partial charge on any atom is 0.573 e. The van der Waals surface area contributed by atoms with Gasteiger partial charge in [0, 0.05) is 6.07 Å². The van der Waals surface area contributed by atoms with Crippen molar-refractivity contribution in [2.75, 3.05) is 11.9 Å². The minimum atomic E-state index is -4.78. The third kappa shape index (κ3) is 4.70. The fourth-order valence-corrected chi connectivity index (χ4v) is 3.53. The van der Waals surface area contributed by atoms with Gasteiger partial charge in [-0.15, -0.1) is 24.5 Å². The van der Waals surface area contributed by atoms with E-state index in [1.807, 2.05) is 0 Å². The second-order valence-corrected chi connectivity index (χ2v) is 6.88. The SMILES string of the molecule is O=C(CNC(=O)c1cccs1)Nc1nc2ccc(OC(F)(F)F)cc2s1. The number of nitrogens with zero attached hydrogens (tertiary/aromatic N) is 1. The van der Waals surface area contributed by atoms with Crippen molar-refractivity contribution in [2.24, 2.45) is 0 Å². The van der Waals surface area contributed by atoms with E-state index < -0.39 is 12.3 Å². The zero-order valence-electron chi connectivity index (χ0n) is 12.8. The van der Waals surface area contributed by atoms with Gasteiger partial charge in [0.25, 0.3) is 5.91 Å². The van der Waals surface area contributed by atoms with Gasteiger partial charge in [0.2, 0.25) is 5.91 Å². The highest BCUT2D eigenvalue weighted by atomic mass is 32.1. The van der Waals surface area contributed by atoms with E-state index in [1.165, 1.54) is 23.5 Å². The molecule has 2 heterocycles. The molecule has 0 radical (unpaired) electrons. The minimum absolute atomic E-state index is 0.208. The molecular formula is C15H10F3N3O3S2. The van der Waals surface area contributed by atoms with Crippen LogP contribution in [0, 0.1) is 0 Å². The minimum Gasteiger partial charge on any atom is -0.406 e. The lowest BCUT2D eigenvalue weighted by molar-refractivity contribution is -0.274. The van der Waals surface area contributed by atoms with Crippen molar-refractivity contribution in [3.63, 3.8) is 0 Å². The van der Waals surface area contributed by atoms with E-state index in [9.17, 15) is 22.8 Å². The Bertz CT molecular complexity index is 939. The van der Waals surface area contributed by atoms with E-state index in [0.29, 0.717) is 15.1 Å². The molecule has 2 amide bonds. The van der Waals surface area contributed by atoms with Crippen LogP contribution in [0.1, 0.15) is 9.67 Å². The number of ether oxygens (including phenoxy) is 1. The second-order valence-electron chi connectivity index (χ2n) is 4.90. The predicted octanol–water partition coefficient (Wildman–Crippen LogP) is 3.62. The number of amides is 2. The second kappa shape index (κ2) is 7.30. The summed E-state index contributed by atoms with van der Waals surface area (Å²) < 4.78 is 41.0. The number of carbonyl (C=O) groups excluding carboxylic acids is 2. The van der Waals surface area contributed by atoms with Crippen LogP contribution in [0.4, 0.5) is 18.3 Å². The number of hydrogen-bond acceptors (Lipinski definition) is 6. The highest BCUT2D eigenvalue weighted by Gasteiger charge is 2.31. The highest BCUT2D eigenvalue weighted by molar-refractivity contribution is 7.22. The number of nitrogens with one attached hydrogen (secondary N) is 2. The summed E-state index contributed by atoms with van der Waals surface area (Å²) in [5.41, 5.74) is 0.419. The largest absolute Gasteiger partial charge is 0.573 e. The number of fused-ring (bicyclic) bond motifs is 1. The van der Waals surface area contributed by atoms with Gasteiger partial charge in [-0.3, -0.25) is 9.59 Å². The molecular weight excluding hydrogens is 391 g/mol. The average molecular weight is 401 g/mol. The number of anilines is 1. The Morgan fingerprint density at radius 3 is 2.73 bits per heavy atom. The van der Waals surface area contributed by atoms with Crippen LogP contribution in [-0.4, -0.2) is 29.7 Å². The van der Waals surface area contributed by atoms with Gasteiger partial charge >= 0.3 is 6.36 Å². The summed E-state index contributed by atoms with van der Waals surface area (Å²) in [6, 6.07) is 7.04. The predicted molar refractivity (Wildman–Crippen MR) is 91.6 cm³/mol. The molecule has 2 aromatic heterocycles. The molecule has 0 saturated heterocycles. The van der Waals surface area contributed by atoms with E-state index in [1.54, 1.807) is 17.5 Å². The molecule has 26 heavy (non-hydrogen) atoms. The molecule has 3 aromatic rings. The number of aromatic nitrogens is 1. The van der Waals surface area contributed by atoms with Crippen LogP contribution in [-0.2, 0) is 4.79 Å². The van der Waals surface area contributed by atoms with Gasteiger partial charge in [0.15, 0.2) is 5.13 Å². The number of hydrogen-bond donors (Lipinski definition) is 2. The van der Waals surface area contributed by atoms with Crippen LogP contribution in [0.3, 0.4) is 0 Å². The third-order valence-electron chi connectivity index (χ3n) is 2.99. The zero-order valence-corrected chi connectivity index (χ0v) is 14.4. The molecule has 0 aliphatic carbocycles. The van der Waals surface area contributed by atoms with E-state index >= 15 is 0 Å². The van der Waals surface area contributed by atoms with Gasteiger partial charge in [-0.05, 0) is 23.6 Å². The lowest BCUT2D eigenvalue weighted by atomic mass is 10.3. The van der Waals surface area contributed by atoms with Crippen LogP contribution in [0.25, 0.3) is 10.2 Å². The molecule has 0 spiro atoms. The van der Waals surface area contributed by atoms with Crippen LogP contribution in [0.2, 0.25) is 0 Å². The van der Waals surface area contributed by atoms with Gasteiger partial charge in [0.1, 0.15) is 5.75 Å². The molecule has 6 nitrogen and oxygen atoms in total. The number of carbonyl (C=O) groups is 2. The standard InChI is InChI=1S/C15H10F3N3O3S2/c16-15(17,18)24-8-3-4-9-11(6-8)26-14(20-9)21-12(22)7-19-13(23)10-2-1-5-25-10/h1-6H,7H2,(H,19,23)(H,20,21,22). The Morgan fingerprint density at radius 1 is 1.23 bits per heavy atom. The zero-order chi connectivity index (χ0) is 18.7. The third-order valence-corrected chi connectivity index (χ3v) is 4.80. The Morgan fingerprint density at radius 2 is 2.04 bits per heavy atom. The lowest BCUT2D eigenvalue weighted by Crippen LogP contribution is -2.32. The molecule has 136 valence electrons. The maximum absolute atomic E-state index is 12.2. The first kappa shape index (κ1) is 18.1. The number of thiazole rings is 1. The van der Waals surface area contributed by atoms with Crippen molar-refractivity contribution in [3.8, 4) is 5.75 Å². The van der Waals surface area contributed by atoms with Crippen molar-refractivity contribution in [2.45, 2.75) is 6.36 Å². The summed E-state index contributed by atoms with van der Waals surface area (Å²) in [6.45, 7) is -0.255. The highest BCUT2D eigenvalue weighted by Crippen LogP contribution is 2.31. The Labute approximate surface area is 152 Å². The number of thiophene rings is 1. The molecule has 0 aliphatic rings. The summed E-state index contributed by atoms with van der Waals surface area (Å²) in [5.74, 6) is -1.23. The van der Waals surface area contributed by atoms with Crippen molar-refractivity contribution in [1.29, 1.82) is 0 Å². The van der Waals surface area contributed by atoms with E-state index in [2.05, 4.69) is 20.4 Å². The van der Waals surface area contributed by atoms with Crippen molar-refractivity contribution >= 4 is 49.8 Å². The van der Waals surface area contributed by atoms with Gasteiger partial charge in [-0.2, -0.15) is 0 Å². The first-order valence-corrected chi connectivity index (χ1v) is 8.78. The Balaban J connectivity index is 1.61.